The zero-order chi connectivity index (χ0) is 16.5. The molecule has 1 heterocycles. The summed E-state index contributed by atoms with van der Waals surface area (Å²) in [7, 11) is 1.64. The summed E-state index contributed by atoms with van der Waals surface area (Å²) in [6.07, 6.45) is 3.25. The molecule has 0 aliphatic heterocycles. The summed E-state index contributed by atoms with van der Waals surface area (Å²) in [6, 6.07) is 0. The van der Waals surface area contributed by atoms with Crippen LogP contribution in [0.5, 0.6) is 0 Å². The van der Waals surface area contributed by atoms with E-state index in [2.05, 4.69) is 10.4 Å². The molecule has 2 unspecified atom stereocenters. The second-order valence-electron chi connectivity index (χ2n) is 6.13. The molecule has 7 heteroatoms. The quantitative estimate of drug-likeness (QED) is 0.889. The minimum Gasteiger partial charge on any atom is -0.480 e. The topological polar surface area (TPSA) is 84.2 Å². The molecule has 1 aliphatic rings. The number of aryl methyl sites for hydroxylation is 2. The average molecular weight is 328 g/mol. The number of carbonyl (C=O) groups excluding carboxylic acids is 1. The first-order valence-corrected chi connectivity index (χ1v) is 7.95. The number of nitrogens with one attached hydrogen (secondary N) is 1. The van der Waals surface area contributed by atoms with Crippen LogP contribution in [0.1, 0.15) is 55.7 Å². The summed E-state index contributed by atoms with van der Waals surface area (Å²) in [5, 5.41) is 16.8. The lowest BCUT2D eigenvalue weighted by Gasteiger charge is -2.37. The van der Waals surface area contributed by atoms with Gasteiger partial charge in [-0.25, -0.2) is 4.79 Å². The summed E-state index contributed by atoms with van der Waals surface area (Å²) in [4.78, 5) is 24.3. The molecule has 2 atom stereocenters. The van der Waals surface area contributed by atoms with Gasteiger partial charge in [-0.2, -0.15) is 5.10 Å². The monoisotopic (exact) mass is 327 g/mol. The van der Waals surface area contributed by atoms with Crippen LogP contribution in [0.25, 0.3) is 0 Å². The highest BCUT2D eigenvalue weighted by Crippen LogP contribution is 2.33. The number of nitrogens with zero attached hydrogens (tertiary/aromatic N) is 2. The largest absolute Gasteiger partial charge is 0.480 e. The van der Waals surface area contributed by atoms with Crippen molar-refractivity contribution < 1.29 is 14.7 Å². The standard InChI is InChI=1S/C15H22ClN3O3/c1-4-10-11(16)12(19(3)18-10)13(20)17-15(14(21)22)7-5-6-9(2)8-15/h9H,4-8H2,1-3H3,(H,17,20)(H,21,22). The van der Waals surface area contributed by atoms with Gasteiger partial charge in [-0.3, -0.25) is 9.48 Å². The van der Waals surface area contributed by atoms with Crippen LogP contribution < -0.4 is 5.32 Å². The smallest absolute Gasteiger partial charge is 0.329 e. The van der Waals surface area contributed by atoms with E-state index in [9.17, 15) is 14.7 Å². The van der Waals surface area contributed by atoms with E-state index in [-0.39, 0.29) is 11.6 Å². The Morgan fingerprint density at radius 1 is 1.55 bits per heavy atom. The van der Waals surface area contributed by atoms with Gasteiger partial charge in [-0.15, -0.1) is 0 Å². The van der Waals surface area contributed by atoms with Crippen molar-refractivity contribution in [1.29, 1.82) is 0 Å². The Labute approximate surface area is 134 Å². The zero-order valence-electron chi connectivity index (χ0n) is 13.1. The van der Waals surface area contributed by atoms with Crippen molar-refractivity contribution in [3.63, 3.8) is 0 Å². The molecule has 1 aromatic rings. The van der Waals surface area contributed by atoms with E-state index in [0.29, 0.717) is 30.0 Å². The lowest BCUT2D eigenvalue weighted by Crippen LogP contribution is -2.57. The molecule has 22 heavy (non-hydrogen) atoms. The van der Waals surface area contributed by atoms with Gasteiger partial charge in [0.15, 0.2) is 0 Å². The molecule has 0 radical (unpaired) electrons. The molecule has 1 saturated carbocycles. The highest BCUT2D eigenvalue weighted by atomic mass is 35.5. The summed E-state index contributed by atoms with van der Waals surface area (Å²) < 4.78 is 1.41. The molecule has 2 rings (SSSR count). The van der Waals surface area contributed by atoms with Crippen molar-refractivity contribution in [3.8, 4) is 0 Å². The number of rotatable bonds is 4. The normalized spacial score (nSPS) is 25.0. The third-order valence-electron chi connectivity index (χ3n) is 4.37. The van der Waals surface area contributed by atoms with Gasteiger partial charge in [-0.05, 0) is 25.2 Å². The first-order chi connectivity index (χ1) is 10.3. The molecule has 0 spiro atoms. The van der Waals surface area contributed by atoms with Crippen LogP contribution in [0.4, 0.5) is 0 Å². The van der Waals surface area contributed by atoms with E-state index in [1.165, 1.54) is 4.68 Å². The Balaban J connectivity index is 2.30. The van der Waals surface area contributed by atoms with Gasteiger partial charge in [0, 0.05) is 7.05 Å². The molecule has 1 aromatic heterocycles. The van der Waals surface area contributed by atoms with Gasteiger partial charge < -0.3 is 10.4 Å². The van der Waals surface area contributed by atoms with Crippen LogP contribution in [-0.2, 0) is 18.3 Å². The van der Waals surface area contributed by atoms with Crippen LogP contribution in [0.2, 0.25) is 5.02 Å². The Bertz CT molecular complexity index is 599. The van der Waals surface area contributed by atoms with E-state index in [1.54, 1.807) is 7.05 Å². The molecule has 6 nitrogen and oxygen atoms in total. The lowest BCUT2D eigenvalue weighted by atomic mass is 9.76. The SMILES string of the molecule is CCc1nn(C)c(C(=O)NC2(C(=O)O)CCCC(C)C2)c1Cl. The molecule has 0 bridgehead atoms. The van der Waals surface area contributed by atoms with Crippen molar-refractivity contribution in [2.24, 2.45) is 13.0 Å². The predicted octanol–water partition coefficient (Wildman–Crippen LogP) is 2.40. The van der Waals surface area contributed by atoms with Crippen molar-refractivity contribution in [3.05, 3.63) is 16.4 Å². The van der Waals surface area contributed by atoms with Crippen molar-refractivity contribution in [2.45, 2.75) is 51.5 Å². The molecule has 122 valence electrons. The van der Waals surface area contributed by atoms with Crippen LogP contribution in [-0.4, -0.2) is 32.3 Å². The number of aromatic nitrogens is 2. The Morgan fingerprint density at radius 2 is 2.23 bits per heavy atom. The first-order valence-electron chi connectivity index (χ1n) is 7.58. The summed E-state index contributed by atoms with van der Waals surface area (Å²) >= 11 is 6.20. The minimum atomic E-state index is -1.21. The lowest BCUT2D eigenvalue weighted by molar-refractivity contribution is -0.146. The van der Waals surface area contributed by atoms with Crippen molar-refractivity contribution in [1.82, 2.24) is 15.1 Å². The molecular weight excluding hydrogens is 306 g/mol. The van der Waals surface area contributed by atoms with Gasteiger partial charge in [0.25, 0.3) is 5.91 Å². The fourth-order valence-electron chi connectivity index (χ4n) is 3.22. The average Bonchev–Trinajstić information content (AvgIpc) is 2.73. The zero-order valence-corrected chi connectivity index (χ0v) is 13.9. The number of halogens is 1. The number of carboxylic acid groups (broad SMARTS) is 1. The molecule has 1 aliphatic carbocycles. The van der Waals surface area contributed by atoms with E-state index in [0.717, 1.165) is 12.8 Å². The fraction of sp³-hybridized carbons (Fsp3) is 0.667. The van der Waals surface area contributed by atoms with Gasteiger partial charge >= 0.3 is 5.97 Å². The second kappa shape index (κ2) is 6.28. The molecule has 0 aromatic carbocycles. The maximum absolute atomic E-state index is 12.6. The molecule has 2 N–H and O–H groups in total. The number of carboxylic acids is 1. The number of carbonyl (C=O) groups is 2. The molecule has 0 saturated heterocycles. The number of hydrogen-bond acceptors (Lipinski definition) is 3. The summed E-state index contributed by atoms with van der Waals surface area (Å²) in [5.74, 6) is -1.20. The van der Waals surface area contributed by atoms with Crippen LogP contribution in [0.15, 0.2) is 0 Å². The van der Waals surface area contributed by atoms with Gasteiger partial charge in [0.2, 0.25) is 0 Å². The van der Waals surface area contributed by atoms with E-state index in [4.69, 9.17) is 11.6 Å². The summed E-state index contributed by atoms with van der Waals surface area (Å²) in [5.41, 5.74) is -0.359. The van der Waals surface area contributed by atoms with E-state index in [1.807, 2.05) is 13.8 Å². The third-order valence-corrected chi connectivity index (χ3v) is 4.76. The predicted molar refractivity (Wildman–Crippen MR) is 83.1 cm³/mol. The molecular formula is C15H22ClN3O3. The Hall–Kier alpha value is -1.56. The van der Waals surface area contributed by atoms with Gasteiger partial charge in [0.1, 0.15) is 11.2 Å². The maximum Gasteiger partial charge on any atom is 0.329 e. The van der Waals surface area contributed by atoms with Gasteiger partial charge in [0.05, 0.1) is 10.7 Å². The summed E-state index contributed by atoms with van der Waals surface area (Å²) in [6.45, 7) is 3.91. The fourth-order valence-corrected chi connectivity index (χ4v) is 3.59. The van der Waals surface area contributed by atoms with Crippen LogP contribution >= 0.6 is 11.6 Å². The third kappa shape index (κ3) is 2.97. The number of aliphatic carboxylic acids is 1. The first kappa shape index (κ1) is 16.8. The van der Waals surface area contributed by atoms with Crippen molar-refractivity contribution >= 4 is 23.5 Å². The highest BCUT2D eigenvalue weighted by molar-refractivity contribution is 6.34. The van der Waals surface area contributed by atoms with Crippen LogP contribution in [0.3, 0.4) is 0 Å². The maximum atomic E-state index is 12.6. The Kier molecular flexibility index (Phi) is 4.80. The Morgan fingerprint density at radius 3 is 2.73 bits per heavy atom. The van der Waals surface area contributed by atoms with Crippen molar-refractivity contribution in [2.75, 3.05) is 0 Å². The highest BCUT2D eigenvalue weighted by Gasteiger charge is 2.44. The van der Waals surface area contributed by atoms with E-state index >= 15 is 0 Å². The van der Waals surface area contributed by atoms with Crippen LogP contribution in [0, 0.1) is 5.92 Å². The van der Waals surface area contributed by atoms with E-state index < -0.39 is 17.4 Å². The minimum absolute atomic E-state index is 0.220. The van der Waals surface area contributed by atoms with Gasteiger partial charge in [-0.1, -0.05) is 38.3 Å². The second-order valence-corrected chi connectivity index (χ2v) is 6.51. The number of amides is 1. The molecule has 1 amide bonds. The number of hydrogen-bond donors (Lipinski definition) is 2. The molecule has 1 fully saturated rings.